The fourth-order valence-corrected chi connectivity index (χ4v) is 8.84. The second-order valence-corrected chi connectivity index (χ2v) is 13.8. The fourth-order valence-electron chi connectivity index (χ4n) is 7.58. The number of benzene rings is 7. The molecular weight excluding hydrogens is 645 g/mol. The van der Waals surface area contributed by atoms with E-state index < -0.39 is 0 Å². The highest BCUT2D eigenvalue weighted by Crippen LogP contribution is 2.44. The van der Waals surface area contributed by atoms with Crippen molar-refractivity contribution < 1.29 is 4.42 Å². The number of hydrogen-bond donors (Lipinski definition) is 0. The summed E-state index contributed by atoms with van der Waals surface area (Å²) in [6.45, 7) is 0. The van der Waals surface area contributed by atoms with Crippen LogP contribution in [0.5, 0.6) is 0 Å². The number of fused-ring (bicyclic) bond motifs is 10. The van der Waals surface area contributed by atoms with Gasteiger partial charge in [-0.15, -0.1) is 11.3 Å². The maximum absolute atomic E-state index is 6.63. The Balaban J connectivity index is 1.13. The molecule has 238 valence electrons. The van der Waals surface area contributed by atoms with Gasteiger partial charge in [-0.3, -0.25) is 0 Å². The molecule has 7 aromatic carbocycles. The van der Waals surface area contributed by atoms with Gasteiger partial charge in [0, 0.05) is 70.2 Å². The number of para-hydroxylation sites is 1. The highest BCUT2D eigenvalue weighted by molar-refractivity contribution is 7.26. The Hall–Kier alpha value is -6.63. The zero-order chi connectivity index (χ0) is 33.5. The topological polar surface area (TPSA) is 56.7 Å². The van der Waals surface area contributed by atoms with Crippen molar-refractivity contribution in [3.05, 3.63) is 158 Å². The molecule has 0 aliphatic heterocycles. The van der Waals surface area contributed by atoms with Crippen LogP contribution < -0.4 is 0 Å². The van der Waals surface area contributed by atoms with Gasteiger partial charge in [0.25, 0.3) is 0 Å². The smallest absolute Gasteiger partial charge is 0.164 e. The Labute approximate surface area is 295 Å². The van der Waals surface area contributed by atoms with Gasteiger partial charge in [0.05, 0.1) is 11.0 Å². The summed E-state index contributed by atoms with van der Waals surface area (Å²) in [7, 11) is 0. The maximum Gasteiger partial charge on any atom is 0.164 e. The molecule has 5 nitrogen and oxygen atoms in total. The van der Waals surface area contributed by atoms with Crippen LogP contribution in [0.25, 0.3) is 104 Å². The van der Waals surface area contributed by atoms with Gasteiger partial charge in [-0.05, 0) is 36.4 Å². The molecule has 0 radical (unpaired) electrons. The zero-order valence-electron chi connectivity index (χ0n) is 27.1. The molecule has 0 aliphatic rings. The van der Waals surface area contributed by atoms with E-state index in [1.54, 1.807) is 0 Å². The number of hydrogen-bond acceptors (Lipinski definition) is 5. The van der Waals surface area contributed by atoms with Crippen molar-refractivity contribution in [2.45, 2.75) is 0 Å². The summed E-state index contributed by atoms with van der Waals surface area (Å²) in [6, 6.07) is 54.8. The Morgan fingerprint density at radius 3 is 1.90 bits per heavy atom. The van der Waals surface area contributed by atoms with Crippen LogP contribution in [0.3, 0.4) is 0 Å². The molecule has 0 bridgehead atoms. The van der Waals surface area contributed by atoms with E-state index in [2.05, 4.69) is 89.5 Å². The first-order valence-electron chi connectivity index (χ1n) is 16.9. The predicted molar refractivity (Wildman–Crippen MR) is 211 cm³/mol. The zero-order valence-corrected chi connectivity index (χ0v) is 27.9. The summed E-state index contributed by atoms with van der Waals surface area (Å²) in [5, 5.41) is 7.14. The average Bonchev–Trinajstić information content (AvgIpc) is 3.87. The lowest BCUT2D eigenvalue weighted by Gasteiger charge is -2.09. The van der Waals surface area contributed by atoms with Crippen molar-refractivity contribution in [3.63, 3.8) is 0 Å². The third-order valence-electron chi connectivity index (χ3n) is 9.86. The van der Waals surface area contributed by atoms with E-state index in [0.717, 1.165) is 44.3 Å². The van der Waals surface area contributed by atoms with Crippen LogP contribution in [0.15, 0.2) is 162 Å². The van der Waals surface area contributed by atoms with E-state index in [9.17, 15) is 0 Å². The summed E-state index contributed by atoms with van der Waals surface area (Å²) in [6.07, 6.45) is 0. The maximum atomic E-state index is 6.63. The lowest BCUT2D eigenvalue weighted by atomic mass is 10.0. The molecule has 0 N–H and O–H groups in total. The van der Waals surface area contributed by atoms with E-state index in [4.69, 9.17) is 19.4 Å². The Morgan fingerprint density at radius 2 is 1.12 bits per heavy atom. The molecule has 4 aromatic heterocycles. The van der Waals surface area contributed by atoms with Gasteiger partial charge in [-0.25, -0.2) is 15.0 Å². The Bertz CT molecular complexity index is 3080. The fraction of sp³-hybridized carbons (Fsp3) is 0. The number of furan rings is 1. The van der Waals surface area contributed by atoms with Crippen LogP contribution >= 0.6 is 11.3 Å². The van der Waals surface area contributed by atoms with Crippen molar-refractivity contribution in [3.8, 4) is 39.9 Å². The Kier molecular flexibility index (Phi) is 6.05. The molecule has 0 atom stereocenters. The van der Waals surface area contributed by atoms with E-state index in [1.807, 2.05) is 84.1 Å². The minimum absolute atomic E-state index is 0.606. The number of aromatic nitrogens is 4. The van der Waals surface area contributed by atoms with Gasteiger partial charge in [0.15, 0.2) is 17.5 Å². The van der Waals surface area contributed by atoms with Gasteiger partial charge in [0.2, 0.25) is 0 Å². The molecule has 0 aliphatic carbocycles. The summed E-state index contributed by atoms with van der Waals surface area (Å²) >= 11 is 1.87. The third kappa shape index (κ3) is 4.30. The molecule has 0 fully saturated rings. The van der Waals surface area contributed by atoms with Crippen molar-refractivity contribution >= 4 is 75.3 Å². The number of nitrogens with zero attached hydrogens (tertiary/aromatic N) is 4. The van der Waals surface area contributed by atoms with E-state index in [-0.39, 0.29) is 0 Å². The molecule has 0 saturated heterocycles. The first-order valence-corrected chi connectivity index (χ1v) is 17.8. The summed E-state index contributed by atoms with van der Waals surface area (Å²) in [5.74, 6) is 1.87. The minimum atomic E-state index is 0.606. The van der Waals surface area contributed by atoms with Crippen LogP contribution in [0.4, 0.5) is 0 Å². The molecule has 11 rings (SSSR count). The standard InChI is InChI=1S/C45H26N4OS/c1-3-12-27(13-4-1)43-46-44(28-14-5-2-6-15-28)48-45(47-43)34-18-11-20-37-40(34)33-23-22-29(26-38(33)50-37)49-35-19-9-7-17-32(35)41-36(49)25-24-31-30-16-8-10-21-39(30)51-42(31)41/h1-26H. The largest absolute Gasteiger partial charge is 0.456 e. The minimum Gasteiger partial charge on any atom is -0.456 e. The van der Waals surface area contributed by atoms with Gasteiger partial charge in [0.1, 0.15) is 11.2 Å². The number of thiophene rings is 1. The lowest BCUT2D eigenvalue weighted by molar-refractivity contribution is 0.668. The summed E-state index contributed by atoms with van der Waals surface area (Å²) in [4.78, 5) is 15.0. The van der Waals surface area contributed by atoms with Crippen molar-refractivity contribution in [2.24, 2.45) is 0 Å². The highest BCUT2D eigenvalue weighted by atomic mass is 32.1. The average molecular weight is 671 g/mol. The monoisotopic (exact) mass is 670 g/mol. The molecular formula is C45H26N4OS. The van der Waals surface area contributed by atoms with E-state index in [0.29, 0.717) is 17.5 Å². The third-order valence-corrected chi connectivity index (χ3v) is 11.1. The van der Waals surface area contributed by atoms with Gasteiger partial charge < -0.3 is 8.98 Å². The van der Waals surface area contributed by atoms with Crippen molar-refractivity contribution in [2.75, 3.05) is 0 Å². The van der Waals surface area contributed by atoms with Crippen molar-refractivity contribution in [1.82, 2.24) is 19.5 Å². The second kappa shape index (κ2) is 10.9. The lowest BCUT2D eigenvalue weighted by Crippen LogP contribution is -2.00. The molecule has 0 amide bonds. The Morgan fingerprint density at radius 1 is 0.451 bits per heavy atom. The number of rotatable bonds is 4. The van der Waals surface area contributed by atoms with Crippen LogP contribution in [-0.4, -0.2) is 19.5 Å². The normalized spacial score (nSPS) is 11.9. The van der Waals surface area contributed by atoms with Gasteiger partial charge in [-0.1, -0.05) is 115 Å². The van der Waals surface area contributed by atoms with E-state index >= 15 is 0 Å². The highest BCUT2D eigenvalue weighted by Gasteiger charge is 2.21. The SMILES string of the molecule is c1ccc(-c2nc(-c3ccccc3)nc(-c3cccc4oc5cc(-n6c7ccccc7c7c8sc9ccccc9c8ccc76)ccc5c34)n2)cc1. The second-order valence-electron chi connectivity index (χ2n) is 12.8. The molecule has 0 saturated carbocycles. The van der Waals surface area contributed by atoms with Crippen LogP contribution in [0.2, 0.25) is 0 Å². The molecule has 4 heterocycles. The van der Waals surface area contributed by atoms with Gasteiger partial charge >= 0.3 is 0 Å². The molecule has 51 heavy (non-hydrogen) atoms. The molecule has 0 spiro atoms. The van der Waals surface area contributed by atoms with Crippen LogP contribution in [0, 0.1) is 0 Å². The molecule has 0 unspecified atom stereocenters. The van der Waals surface area contributed by atoms with Crippen molar-refractivity contribution in [1.29, 1.82) is 0 Å². The van der Waals surface area contributed by atoms with Gasteiger partial charge in [-0.2, -0.15) is 0 Å². The summed E-state index contributed by atoms with van der Waals surface area (Å²) in [5.41, 5.74) is 7.77. The quantitative estimate of drug-likeness (QED) is 0.187. The molecule has 6 heteroatoms. The van der Waals surface area contributed by atoms with Crippen LogP contribution in [-0.2, 0) is 0 Å². The first-order chi connectivity index (χ1) is 25.3. The van der Waals surface area contributed by atoms with Crippen LogP contribution in [0.1, 0.15) is 0 Å². The van der Waals surface area contributed by atoms with E-state index in [1.165, 1.54) is 42.0 Å². The first kappa shape index (κ1) is 28.2. The molecule has 11 aromatic rings. The summed E-state index contributed by atoms with van der Waals surface area (Å²) < 4.78 is 11.6. The predicted octanol–water partition coefficient (Wildman–Crippen LogP) is 12.2.